The van der Waals surface area contributed by atoms with Crippen LogP contribution in [-0.4, -0.2) is 23.4 Å². The van der Waals surface area contributed by atoms with Gasteiger partial charge in [-0.3, -0.25) is 0 Å². The first-order chi connectivity index (χ1) is 8.70. The molecular weight excluding hydrogens is 228 g/mol. The summed E-state index contributed by atoms with van der Waals surface area (Å²) in [7, 11) is 1.62. The molecule has 0 aromatic heterocycles. The fourth-order valence-electron chi connectivity index (χ4n) is 2.73. The SMILES string of the molecule is COc1cccc(C(O)CC2CCCCC2O)c1. The molecule has 3 nitrogen and oxygen atoms in total. The average molecular weight is 250 g/mol. The van der Waals surface area contributed by atoms with E-state index in [9.17, 15) is 10.2 Å². The Morgan fingerprint density at radius 2 is 2.11 bits per heavy atom. The quantitative estimate of drug-likeness (QED) is 0.863. The molecule has 0 saturated heterocycles. The number of rotatable bonds is 4. The fraction of sp³-hybridized carbons (Fsp3) is 0.600. The molecule has 0 amide bonds. The van der Waals surface area contributed by atoms with Gasteiger partial charge in [0, 0.05) is 0 Å². The van der Waals surface area contributed by atoms with E-state index in [2.05, 4.69) is 0 Å². The van der Waals surface area contributed by atoms with Gasteiger partial charge >= 0.3 is 0 Å². The summed E-state index contributed by atoms with van der Waals surface area (Å²) in [5, 5.41) is 20.2. The van der Waals surface area contributed by atoms with Gasteiger partial charge in [-0.05, 0) is 42.9 Å². The smallest absolute Gasteiger partial charge is 0.119 e. The van der Waals surface area contributed by atoms with Gasteiger partial charge in [0.05, 0.1) is 19.3 Å². The highest BCUT2D eigenvalue weighted by atomic mass is 16.5. The van der Waals surface area contributed by atoms with Crippen molar-refractivity contribution in [1.29, 1.82) is 0 Å². The Balaban J connectivity index is 1.99. The maximum absolute atomic E-state index is 10.2. The molecule has 1 saturated carbocycles. The van der Waals surface area contributed by atoms with Crippen molar-refractivity contribution in [2.45, 2.75) is 44.3 Å². The standard InChI is InChI=1S/C15H22O3/c1-18-13-7-4-6-11(9-13)15(17)10-12-5-2-3-8-14(12)16/h4,6-7,9,12,14-17H,2-3,5,8,10H2,1H3. The van der Waals surface area contributed by atoms with Crippen molar-refractivity contribution in [3.05, 3.63) is 29.8 Å². The lowest BCUT2D eigenvalue weighted by molar-refractivity contribution is 0.0334. The van der Waals surface area contributed by atoms with Crippen LogP contribution in [0.5, 0.6) is 5.75 Å². The van der Waals surface area contributed by atoms with E-state index >= 15 is 0 Å². The molecule has 2 N–H and O–H groups in total. The summed E-state index contributed by atoms with van der Waals surface area (Å²) in [5.41, 5.74) is 0.868. The molecule has 3 atom stereocenters. The molecule has 1 aliphatic carbocycles. The maximum atomic E-state index is 10.2. The van der Waals surface area contributed by atoms with Crippen LogP contribution in [0.3, 0.4) is 0 Å². The Hall–Kier alpha value is -1.06. The Labute approximate surface area is 108 Å². The van der Waals surface area contributed by atoms with Crippen LogP contribution in [0.25, 0.3) is 0 Å². The molecule has 100 valence electrons. The first kappa shape index (κ1) is 13.4. The van der Waals surface area contributed by atoms with Gasteiger partial charge in [0.15, 0.2) is 0 Å². The van der Waals surface area contributed by atoms with Crippen molar-refractivity contribution in [3.8, 4) is 5.75 Å². The first-order valence-corrected chi connectivity index (χ1v) is 6.71. The van der Waals surface area contributed by atoms with E-state index in [0.717, 1.165) is 37.0 Å². The van der Waals surface area contributed by atoms with Gasteiger partial charge in [-0.2, -0.15) is 0 Å². The second kappa shape index (κ2) is 6.21. The van der Waals surface area contributed by atoms with Gasteiger partial charge in [-0.25, -0.2) is 0 Å². The van der Waals surface area contributed by atoms with Gasteiger partial charge in [-0.1, -0.05) is 25.0 Å². The predicted octanol–water partition coefficient (Wildman–Crippen LogP) is 2.67. The topological polar surface area (TPSA) is 49.7 Å². The summed E-state index contributed by atoms with van der Waals surface area (Å²) >= 11 is 0. The molecule has 1 fully saturated rings. The number of methoxy groups -OCH3 is 1. The summed E-state index contributed by atoms with van der Waals surface area (Å²) in [5.74, 6) is 0.982. The number of ether oxygens (including phenoxy) is 1. The van der Waals surface area contributed by atoms with Crippen LogP contribution in [0, 0.1) is 5.92 Å². The van der Waals surface area contributed by atoms with Crippen LogP contribution in [0.1, 0.15) is 43.8 Å². The monoisotopic (exact) mass is 250 g/mol. The molecule has 18 heavy (non-hydrogen) atoms. The van der Waals surface area contributed by atoms with Crippen LogP contribution in [-0.2, 0) is 0 Å². The lowest BCUT2D eigenvalue weighted by Gasteiger charge is -2.29. The highest BCUT2D eigenvalue weighted by Crippen LogP contribution is 2.32. The molecule has 0 aliphatic heterocycles. The molecule has 1 aromatic carbocycles. The number of hydrogen-bond acceptors (Lipinski definition) is 3. The van der Waals surface area contributed by atoms with Gasteiger partial charge in [0.1, 0.15) is 5.75 Å². The van der Waals surface area contributed by atoms with E-state index in [1.165, 1.54) is 0 Å². The number of aliphatic hydroxyl groups is 2. The summed E-state index contributed by atoms with van der Waals surface area (Å²) in [6.07, 6.45) is 4.02. The second-order valence-electron chi connectivity index (χ2n) is 5.14. The lowest BCUT2D eigenvalue weighted by Crippen LogP contribution is -2.26. The molecule has 1 aromatic rings. The zero-order valence-electron chi connectivity index (χ0n) is 10.9. The Kier molecular flexibility index (Phi) is 4.61. The second-order valence-corrected chi connectivity index (χ2v) is 5.14. The van der Waals surface area contributed by atoms with Crippen LogP contribution in [0.4, 0.5) is 0 Å². The molecule has 3 heteroatoms. The van der Waals surface area contributed by atoms with E-state index in [1.807, 2.05) is 24.3 Å². The van der Waals surface area contributed by atoms with E-state index in [4.69, 9.17) is 4.74 Å². The molecule has 2 rings (SSSR count). The van der Waals surface area contributed by atoms with E-state index in [-0.39, 0.29) is 12.0 Å². The third-order valence-corrected chi connectivity index (χ3v) is 3.87. The molecule has 0 bridgehead atoms. The third-order valence-electron chi connectivity index (χ3n) is 3.87. The van der Waals surface area contributed by atoms with Gasteiger partial charge in [0.25, 0.3) is 0 Å². The van der Waals surface area contributed by atoms with Gasteiger partial charge in [-0.15, -0.1) is 0 Å². The van der Waals surface area contributed by atoms with Gasteiger partial charge in [0.2, 0.25) is 0 Å². The summed E-state index contributed by atoms with van der Waals surface area (Å²) in [6, 6.07) is 7.52. The minimum atomic E-state index is -0.516. The normalized spacial score (nSPS) is 25.7. The third kappa shape index (κ3) is 3.24. The predicted molar refractivity (Wildman–Crippen MR) is 70.5 cm³/mol. The summed E-state index contributed by atoms with van der Waals surface area (Å²) < 4.78 is 5.16. The Morgan fingerprint density at radius 3 is 2.83 bits per heavy atom. The molecule has 0 radical (unpaired) electrons. The summed E-state index contributed by atoms with van der Waals surface area (Å²) in [4.78, 5) is 0. The van der Waals surface area contributed by atoms with Crippen molar-refractivity contribution in [3.63, 3.8) is 0 Å². The van der Waals surface area contributed by atoms with Crippen molar-refractivity contribution in [1.82, 2.24) is 0 Å². The number of hydrogen-bond donors (Lipinski definition) is 2. The highest BCUT2D eigenvalue weighted by Gasteiger charge is 2.25. The van der Waals surface area contributed by atoms with Crippen LogP contribution < -0.4 is 4.74 Å². The number of aliphatic hydroxyl groups excluding tert-OH is 2. The van der Waals surface area contributed by atoms with E-state index in [0.29, 0.717) is 6.42 Å². The molecule has 0 spiro atoms. The lowest BCUT2D eigenvalue weighted by atomic mass is 9.82. The fourth-order valence-corrected chi connectivity index (χ4v) is 2.73. The van der Waals surface area contributed by atoms with E-state index in [1.54, 1.807) is 7.11 Å². The average Bonchev–Trinajstić information content (AvgIpc) is 2.41. The van der Waals surface area contributed by atoms with Crippen molar-refractivity contribution in [2.24, 2.45) is 5.92 Å². The van der Waals surface area contributed by atoms with Crippen LogP contribution in [0.2, 0.25) is 0 Å². The zero-order valence-corrected chi connectivity index (χ0v) is 10.9. The molecule has 1 aliphatic rings. The molecular formula is C15H22O3. The first-order valence-electron chi connectivity index (χ1n) is 6.71. The zero-order chi connectivity index (χ0) is 13.0. The number of benzene rings is 1. The van der Waals surface area contributed by atoms with E-state index < -0.39 is 6.10 Å². The molecule has 0 heterocycles. The van der Waals surface area contributed by atoms with Crippen LogP contribution >= 0.6 is 0 Å². The summed E-state index contributed by atoms with van der Waals surface area (Å²) in [6.45, 7) is 0. The largest absolute Gasteiger partial charge is 0.497 e. The Bertz CT molecular complexity index is 378. The van der Waals surface area contributed by atoms with Crippen LogP contribution in [0.15, 0.2) is 24.3 Å². The molecule has 3 unspecified atom stereocenters. The minimum absolute atomic E-state index is 0.222. The van der Waals surface area contributed by atoms with Crippen molar-refractivity contribution < 1.29 is 14.9 Å². The van der Waals surface area contributed by atoms with Gasteiger partial charge < -0.3 is 14.9 Å². The van der Waals surface area contributed by atoms with Crippen molar-refractivity contribution in [2.75, 3.05) is 7.11 Å². The maximum Gasteiger partial charge on any atom is 0.119 e. The minimum Gasteiger partial charge on any atom is -0.497 e. The van der Waals surface area contributed by atoms with Crippen molar-refractivity contribution >= 4 is 0 Å². The Morgan fingerprint density at radius 1 is 1.33 bits per heavy atom. The highest BCUT2D eigenvalue weighted by molar-refractivity contribution is 5.29.